The number of anilines is 1. The van der Waals surface area contributed by atoms with Gasteiger partial charge in [0.15, 0.2) is 5.52 Å². The van der Waals surface area contributed by atoms with Crippen molar-refractivity contribution in [1.82, 2.24) is 23.8 Å². The minimum Gasteiger partial charge on any atom is -0.366 e. The second-order valence-electron chi connectivity index (χ2n) is 8.60. The minimum atomic E-state index is -0.558. The molecule has 0 radical (unpaired) electrons. The Morgan fingerprint density at radius 3 is 2.34 bits per heavy atom. The highest BCUT2D eigenvalue weighted by Crippen LogP contribution is 2.20. The molecule has 35 heavy (non-hydrogen) atoms. The maximum Gasteiger partial charge on any atom is 0.332 e. The molecule has 3 heterocycles. The van der Waals surface area contributed by atoms with Crippen LogP contribution in [0.1, 0.15) is 5.56 Å². The number of aryl methyl sites for hydroxylation is 1. The normalized spacial score (nSPS) is 14.0. The molecule has 2 aromatic carbocycles. The summed E-state index contributed by atoms with van der Waals surface area (Å²) in [4.78, 5) is 43.2. The molecule has 1 amide bonds. The number of carbonyl (C=O) groups is 1. The summed E-state index contributed by atoms with van der Waals surface area (Å²) in [6.07, 6.45) is 1.58. The zero-order valence-electron chi connectivity index (χ0n) is 19.3. The van der Waals surface area contributed by atoms with Crippen LogP contribution in [0.5, 0.6) is 0 Å². The van der Waals surface area contributed by atoms with Crippen molar-refractivity contribution in [3.05, 3.63) is 93.0 Å². The number of piperazine rings is 1. The van der Waals surface area contributed by atoms with Crippen molar-refractivity contribution in [2.75, 3.05) is 31.1 Å². The Kier molecular flexibility index (Phi) is 5.94. The third kappa shape index (κ3) is 4.34. The predicted octanol–water partition coefficient (Wildman–Crippen LogP) is 1.43. The monoisotopic (exact) mass is 476 g/mol. The lowest BCUT2D eigenvalue weighted by Gasteiger charge is -2.36. The standard InChI is InChI=1S/C25H25FN6O3/c1-28-16-21-23(27-28)24(34)32(15-18-7-3-2-4-8-18)25(35)31(21)17-22(33)30-13-11-29(12-14-30)20-10-6-5-9-19(20)26/h2-10,16H,11-15,17H2,1H3. The average molecular weight is 477 g/mol. The lowest BCUT2D eigenvalue weighted by Crippen LogP contribution is -2.51. The number of benzene rings is 2. The van der Waals surface area contributed by atoms with Crippen LogP contribution < -0.4 is 16.1 Å². The number of halogens is 1. The van der Waals surface area contributed by atoms with E-state index in [1.807, 2.05) is 35.2 Å². The van der Waals surface area contributed by atoms with Gasteiger partial charge < -0.3 is 9.80 Å². The van der Waals surface area contributed by atoms with Crippen molar-refractivity contribution < 1.29 is 9.18 Å². The topological polar surface area (TPSA) is 85.4 Å². The van der Waals surface area contributed by atoms with E-state index in [2.05, 4.69) is 5.10 Å². The summed E-state index contributed by atoms with van der Waals surface area (Å²) >= 11 is 0. The van der Waals surface area contributed by atoms with Crippen molar-refractivity contribution >= 4 is 22.6 Å². The van der Waals surface area contributed by atoms with Gasteiger partial charge in [0.2, 0.25) is 5.91 Å². The highest BCUT2D eigenvalue weighted by Gasteiger charge is 2.25. The lowest BCUT2D eigenvalue weighted by atomic mass is 10.2. The predicted molar refractivity (Wildman–Crippen MR) is 130 cm³/mol. The summed E-state index contributed by atoms with van der Waals surface area (Å²) in [5.74, 6) is -0.534. The van der Waals surface area contributed by atoms with Gasteiger partial charge in [-0.1, -0.05) is 42.5 Å². The van der Waals surface area contributed by atoms with E-state index in [1.165, 1.54) is 15.3 Å². The zero-order chi connectivity index (χ0) is 24.5. The molecule has 0 N–H and O–H groups in total. The molecule has 2 aromatic heterocycles. The number of amides is 1. The van der Waals surface area contributed by atoms with Crippen molar-refractivity contribution in [3.8, 4) is 0 Å². The molecule has 0 bridgehead atoms. The number of nitrogens with zero attached hydrogens (tertiary/aromatic N) is 6. The third-order valence-corrected chi connectivity index (χ3v) is 6.31. The third-order valence-electron chi connectivity index (χ3n) is 6.31. The van der Waals surface area contributed by atoms with Crippen LogP contribution in [0.25, 0.3) is 11.0 Å². The molecular weight excluding hydrogens is 451 g/mol. The Balaban J connectivity index is 1.41. The number of rotatable bonds is 5. The van der Waals surface area contributed by atoms with E-state index in [1.54, 1.807) is 36.3 Å². The van der Waals surface area contributed by atoms with E-state index in [4.69, 9.17) is 0 Å². The summed E-state index contributed by atoms with van der Waals surface area (Å²) in [6.45, 7) is 1.65. The second kappa shape index (κ2) is 9.21. The quantitative estimate of drug-likeness (QED) is 0.435. The van der Waals surface area contributed by atoms with Crippen LogP contribution >= 0.6 is 0 Å². The number of hydrogen-bond acceptors (Lipinski definition) is 5. The maximum absolute atomic E-state index is 14.1. The van der Waals surface area contributed by atoms with Gasteiger partial charge in [0.1, 0.15) is 12.4 Å². The summed E-state index contributed by atoms with van der Waals surface area (Å²) in [7, 11) is 1.67. The molecule has 1 saturated heterocycles. The van der Waals surface area contributed by atoms with Crippen LogP contribution in [0.3, 0.4) is 0 Å². The highest BCUT2D eigenvalue weighted by molar-refractivity contribution is 5.80. The molecule has 0 saturated carbocycles. The Morgan fingerprint density at radius 2 is 1.63 bits per heavy atom. The van der Waals surface area contributed by atoms with Crippen LogP contribution in [0.4, 0.5) is 10.1 Å². The molecule has 1 fully saturated rings. The minimum absolute atomic E-state index is 0.0839. The largest absolute Gasteiger partial charge is 0.366 e. The SMILES string of the molecule is Cn1cc2c(n1)c(=O)n(Cc1ccccc1)c(=O)n2CC(=O)N1CCN(c2ccccc2F)CC1. The molecule has 1 aliphatic rings. The molecule has 0 spiro atoms. The smallest absolute Gasteiger partial charge is 0.332 e. The van der Waals surface area contributed by atoms with Crippen molar-refractivity contribution in [2.45, 2.75) is 13.1 Å². The molecule has 9 nitrogen and oxygen atoms in total. The highest BCUT2D eigenvalue weighted by atomic mass is 19.1. The molecule has 0 unspecified atom stereocenters. The lowest BCUT2D eigenvalue weighted by molar-refractivity contribution is -0.132. The molecule has 4 aromatic rings. The first-order chi connectivity index (χ1) is 16.9. The number of carbonyl (C=O) groups excluding carboxylic acids is 1. The first kappa shape index (κ1) is 22.6. The van der Waals surface area contributed by atoms with Gasteiger partial charge in [-0.25, -0.2) is 9.18 Å². The second-order valence-corrected chi connectivity index (χ2v) is 8.60. The van der Waals surface area contributed by atoms with Crippen molar-refractivity contribution in [2.24, 2.45) is 7.05 Å². The van der Waals surface area contributed by atoms with E-state index in [9.17, 15) is 18.8 Å². The molecular formula is C25H25FN6O3. The number of aromatic nitrogens is 4. The fraction of sp³-hybridized carbons (Fsp3) is 0.280. The van der Waals surface area contributed by atoms with Crippen molar-refractivity contribution in [1.29, 1.82) is 0 Å². The molecule has 0 atom stereocenters. The summed E-state index contributed by atoms with van der Waals surface area (Å²) in [6, 6.07) is 15.8. The van der Waals surface area contributed by atoms with Crippen LogP contribution in [0.15, 0.2) is 70.4 Å². The van der Waals surface area contributed by atoms with Crippen LogP contribution in [-0.2, 0) is 24.9 Å². The van der Waals surface area contributed by atoms with E-state index < -0.39 is 11.2 Å². The fourth-order valence-corrected chi connectivity index (χ4v) is 4.49. The fourth-order valence-electron chi connectivity index (χ4n) is 4.49. The first-order valence-electron chi connectivity index (χ1n) is 11.4. The van der Waals surface area contributed by atoms with E-state index in [-0.39, 0.29) is 30.3 Å². The summed E-state index contributed by atoms with van der Waals surface area (Å²) in [5, 5.41) is 4.24. The molecule has 0 aliphatic carbocycles. The molecule has 1 aliphatic heterocycles. The van der Waals surface area contributed by atoms with Gasteiger partial charge in [-0.2, -0.15) is 5.10 Å². The molecule has 10 heteroatoms. The number of hydrogen-bond donors (Lipinski definition) is 0. The summed E-state index contributed by atoms with van der Waals surface area (Å²) in [5.41, 5.74) is 0.727. The van der Waals surface area contributed by atoms with Gasteiger partial charge in [0.25, 0.3) is 5.56 Å². The zero-order valence-corrected chi connectivity index (χ0v) is 19.3. The molecule has 5 rings (SSSR count). The van der Waals surface area contributed by atoms with E-state index >= 15 is 0 Å². The summed E-state index contributed by atoms with van der Waals surface area (Å²) < 4.78 is 18.0. The van der Waals surface area contributed by atoms with Gasteiger partial charge in [-0.3, -0.25) is 23.4 Å². The van der Waals surface area contributed by atoms with Gasteiger partial charge in [0, 0.05) is 39.4 Å². The Bertz CT molecular complexity index is 1500. The average Bonchev–Trinajstić information content (AvgIpc) is 3.27. The number of para-hydroxylation sites is 1. The van der Waals surface area contributed by atoms with E-state index in [0.717, 1.165) is 10.1 Å². The van der Waals surface area contributed by atoms with Gasteiger partial charge in [-0.05, 0) is 17.7 Å². The first-order valence-corrected chi connectivity index (χ1v) is 11.4. The Morgan fingerprint density at radius 1 is 0.943 bits per heavy atom. The van der Waals surface area contributed by atoms with E-state index in [0.29, 0.717) is 37.4 Å². The van der Waals surface area contributed by atoms with Crippen molar-refractivity contribution in [3.63, 3.8) is 0 Å². The Hall–Kier alpha value is -4.21. The molecule has 180 valence electrons. The van der Waals surface area contributed by atoms with Gasteiger partial charge >= 0.3 is 5.69 Å². The van der Waals surface area contributed by atoms with Gasteiger partial charge in [0.05, 0.1) is 17.7 Å². The van der Waals surface area contributed by atoms with Crippen LogP contribution in [0.2, 0.25) is 0 Å². The van der Waals surface area contributed by atoms with Gasteiger partial charge in [-0.15, -0.1) is 0 Å². The van der Waals surface area contributed by atoms with Crippen LogP contribution in [-0.4, -0.2) is 55.9 Å². The number of fused-ring (bicyclic) bond motifs is 1. The maximum atomic E-state index is 14.1. The van der Waals surface area contributed by atoms with Crippen LogP contribution in [0, 0.1) is 5.82 Å². The Labute approximate surface area is 200 Å².